The maximum absolute atomic E-state index is 12.8. The summed E-state index contributed by atoms with van der Waals surface area (Å²) >= 11 is 0. The van der Waals surface area contributed by atoms with Crippen LogP contribution in [-0.4, -0.2) is 40.5 Å². The molecule has 0 bridgehead atoms. The largest absolute Gasteiger partial charge is 0.390 e. The van der Waals surface area contributed by atoms with Crippen LogP contribution < -0.4 is 0 Å². The molecule has 4 aliphatic rings. The number of aliphatic hydroxyl groups is 1. The fourth-order valence-corrected chi connectivity index (χ4v) is 9.08. The number of rotatable bonds is 5. The lowest BCUT2D eigenvalue weighted by Crippen LogP contribution is -2.54. The summed E-state index contributed by atoms with van der Waals surface area (Å²) in [4.78, 5) is 19.4. The molecule has 0 amide bonds. The van der Waals surface area contributed by atoms with E-state index in [0.717, 1.165) is 50.1 Å². The monoisotopic (exact) mass is 438 g/mol. The van der Waals surface area contributed by atoms with E-state index in [1.165, 1.54) is 50.4 Å². The minimum atomic E-state index is -0.448. The zero-order chi connectivity index (χ0) is 22.6. The molecule has 176 valence electrons. The lowest BCUT2D eigenvalue weighted by Gasteiger charge is -2.58. The van der Waals surface area contributed by atoms with E-state index in [2.05, 4.69) is 29.9 Å². The van der Waals surface area contributed by atoms with Gasteiger partial charge >= 0.3 is 0 Å². The van der Waals surface area contributed by atoms with Crippen molar-refractivity contribution in [2.24, 2.45) is 40.4 Å². The number of hydrogen-bond acceptors (Lipinski definition) is 4. The summed E-state index contributed by atoms with van der Waals surface area (Å²) in [5, 5.41) is 10.6. The molecule has 4 fully saturated rings. The molecule has 0 saturated heterocycles. The Morgan fingerprint density at radius 3 is 2.66 bits per heavy atom. The van der Waals surface area contributed by atoms with Crippen LogP contribution in [0.4, 0.5) is 0 Å². The van der Waals surface area contributed by atoms with E-state index in [9.17, 15) is 9.90 Å². The quantitative estimate of drug-likeness (QED) is 0.650. The Morgan fingerprint density at radius 1 is 1.09 bits per heavy atom. The Bertz CT molecular complexity index is 826. The van der Waals surface area contributed by atoms with E-state index in [4.69, 9.17) is 0 Å². The van der Waals surface area contributed by atoms with E-state index in [1.54, 1.807) is 0 Å². The molecule has 1 aromatic rings. The number of pyridine rings is 1. The van der Waals surface area contributed by atoms with Gasteiger partial charge in [-0.25, -0.2) is 0 Å². The molecule has 4 saturated carbocycles. The molecule has 0 spiro atoms. The van der Waals surface area contributed by atoms with Crippen molar-refractivity contribution in [2.75, 3.05) is 13.6 Å². The maximum atomic E-state index is 12.8. The van der Waals surface area contributed by atoms with Crippen molar-refractivity contribution < 1.29 is 9.90 Å². The molecule has 0 radical (unpaired) electrons. The number of fused-ring (bicyclic) bond motifs is 5. The molecule has 0 unspecified atom stereocenters. The highest BCUT2D eigenvalue weighted by Gasteiger charge is 2.63. The van der Waals surface area contributed by atoms with Crippen LogP contribution in [0.1, 0.15) is 77.2 Å². The predicted octanol–water partition coefficient (Wildman–Crippen LogP) is 5.10. The van der Waals surface area contributed by atoms with E-state index in [0.29, 0.717) is 11.8 Å². The second-order valence-corrected chi connectivity index (χ2v) is 12.5. The summed E-state index contributed by atoms with van der Waals surface area (Å²) in [6.45, 7) is 6.21. The molecule has 1 heterocycles. The van der Waals surface area contributed by atoms with Crippen LogP contribution in [0.15, 0.2) is 24.5 Å². The van der Waals surface area contributed by atoms with E-state index < -0.39 is 5.60 Å². The number of aromatic nitrogens is 1. The molecule has 5 rings (SSSR count). The van der Waals surface area contributed by atoms with Gasteiger partial charge in [-0.1, -0.05) is 13.0 Å². The Morgan fingerprint density at radius 2 is 1.91 bits per heavy atom. The minimum Gasteiger partial charge on any atom is -0.390 e. The van der Waals surface area contributed by atoms with Crippen molar-refractivity contribution in [1.82, 2.24) is 9.88 Å². The summed E-state index contributed by atoms with van der Waals surface area (Å²) < 4.78 is 0. The number of carbonyl (C=O) groups excluding carboxylic acids is 1. The summed E-state index contributed by atoms with van der Waals surface area (Å²) in [5.41, 5.74) is 0.653. The standard InChI is InChI=1S/C28H42N2O2/c1-26(32)11-8-22-21(15-26)6-7-24-23(22)9-12-27(2)25(24)10-13-28(27,19-31)18-30(3)17-20-5-4-14-29-16-20/h4-5,14,16,19,21-25,32H,6-13,15,17-18H2,1-3H3/t21-,22+,23-,24-,25+,26-,27+,28-/m1/s1. The summed E-state index contributed by atoms with van der Waals surface area (Å²) in [7, 11) is 2.17. The Kier molecular flexibility index (Phi) is 5.77. The van der Waals surface area contributed by atoms with Gasteiger partial charge in [0.15, 0.2) is 0 Å². The molecule has 8 atom stereocenters. The topological polar surface area (TPSA) is 53.4 Å². The van der Waals surface area contributed by atoms with Crippen molar-refractivity contribution in [1.29, 1.82) is 0 Å². The first-order chi connectivity index (χ1) is 15.3. The van der Waals surface area contributed by atoms with Crippen LogP contribution in [-0.2, 0) is 11.3 Å². The van der Waals surface area contributed by atoms with Gasteiger partial charge in [0.25, 0.3) is 0 Å². The molecular formula is C28H42N2O2. The molecule has 0 aliphatic heterocycles. The zero-order valence-electron chi connectivity index (χ0n) is 20.3. The van der Waals surface area contributed by atoms with Gasteiger partial charge < -0.3 is 14.8 Å². The molecule has 4 nitrogen and oxygen atoms in total. The third kappa shape index (κ3) is 3.66. The summed E-state index contributed by atoms with van der Waals surface area (Å²) in [5.74, 6) is 3.80. The van der Waals surface area contributed by atoms with Crippen LogP contribution >= 0.6 is 0 Å². The summed E-state index contributed by atoms with van der Waals surface area (Å²) in [6.07, 6.45) is 15.6. The SMILES string of the molecule is CN(Cc1cccnc1)C[C@@]1(C=O)CC[C@H]2[C@@H]3CC[C@@H]4C[C@](C)(O)CC[C@@H]4[C@H]3CC[C@@]21C. The van der Waals surface area contributed by atoms with Crippen molar-refractivity contribution in [2.45, 2.75) is 83.8 Å². The van der Waals surface area contributed by atoms with Crippen LogP contribution in [0.5, 0.6) is 0 Å². The smallest absolute Gasteiger partial charge is 0.127 e. The third-order valence-electron chi connectivity index (χ3n) is 10.6. The van der Waals surface area contributed by atoms with Gasteiger partial charge in [0, 0.05) is 30.9 Å². The van der Waals surface area contributed by atoms with E-state index >= 15 is 0 Å². The van der Waals surface area contributed by atoms with Gasteiger partial charge in [-0.15, -0.1) is 0 Å². The average molecular weight is 439 g/mol. The highest BCUT2D eigenvalue weighted by Crippen LogP contribution is 2.68. The average Bonchev–Trinajstić information content (AvgIpc) is 3.06. The molecule has 4 aliphatic carbocycles. The number of hydrogen-bond donors (Lipinski definition) is 1. The lowest BCUT2D eigenvalue weighted by atomic mass is 9.47. The second-order valence-electron chi connectivity index (χ2n) is 12.5. The molecular weight excluding hydrogens is 396 g/mol. The minimum absolute atomic E-state index is 0.117. The highest BCUT2D eigenvalue weighted by molar-refractivity contribution is 5.63. The lowest BCUT2D eigenvalue weighted by molar-refractivity contribution is -0.137. The van der Waals surface area contributed by atoms with Crippen LogP contribution in [0, 0.1) is 40.4 Å². The van der Waals surface area contributed by atoms with Crippen LogP contribution in [0.25, 0.3) is 0 Å². The van der Waals surface area contributed by atoms with Crippen LogP contribution in [0.2, 0.25) is 0 Å². The first-order valence-corrected chi connectivity index (χ1v) is 13.0. The van der Waals surface area contributed by atoms with Crippen molar-refractivity contribution in [3.63, 3.8) is 0 Å². The Balaban J connectivity index is 1.33. The third-order valence-corrected chi connectivity index (χ3v) is 10.6. The summed E-state index contributed by atoms with van der Waals surface area (Å²) in [6, 6.07) is 4.12. The Hall–Kier alpha value is -1.26. The van der Waals surface area contributed by atoms with Gasteiger partial charge in [-0.05, 0) is 118 Å². The van der Waals surface area contributed by atoms with E-state index in [1.807, 2.05) is 25.4 Å². The molecule has 1 N–H and O–H groups in total. The number of carbonyl (C=O) groups is 1. The normalized spacial score (nSPS) is 45.7. The van der Waals surface area contributed by atoms with E-state index in [-0.39, 0.29) is 10.8 Å². The predicted molar refractivity (Wildman–Crippen MR) is 127 cm³/mol. The van der Waals surface area contributed by atoms with Crippen molar-refractivity contribution >= 4 is 6.29 Å². The van der Waals surface area contributed by atoms with Gasteiger partial charge in [-0.2, -0.15) is 0 Å². The maximum Gasteiger partial charge on any atom is 0.127 e. The first-order valence-electron chi connectivity index (χ1n) is 13.0. The van der Waals surface area contributed by atoms with Gasteiger partial charge in [0.2, 0.25) is 0 Å². The molecule has 1 aromatic heterocycles. The first kappa shape index (κ1) is 22.5. The number of aldehydes is 1. The van der Waals surface area contributed by atoms with Gasteiger partial charge in [0.05, 0.1) is 5.60 Å². The number of nitrogens with zero attached hydrogens (tertiary/aromatic N) is 2. The molecule has 32 heavy (non-hydrogen) atoms. The Labute approximate surface area is 194 Å². The van der Waals surface area contributed by atoms with Crippen molar-refractivity contribution in [3.8, 4) is 0 Å². The highest BCUT2D eigenvalue weighted by atomic mass is 16.3. The fraction of sp³-hybridized carbons (Fsp3) is 0.786. The molecule has 0 aromatic carbocycles. The van der Waals surface area contributed by atoms with Crippen molar-refractivity contribution in [3.05, 3.63) is 30.1 Å². The van der Waals surface area contributed by atoms with Gasteiger partial charge in [0.1, 0.15) is 6.29 Å². The second kappa shape index (κ2) is 8.20. The van der Waals surface area contributed by atoms with Gasteiger partial charge in [-0.3, -0.25) is 4.98 Å². The van der Waals surface area contributed by atoms with Crippen LogP contribution in [0.3, 0.4) is 0 Å². The zero-order valence-corrected chi connectivity index (χ0v) is 20.3. The fourth-order valence-electron chi connectivity index (χ4n) is 9.08. The molecule has 4 heteroatoms.